The number of hydrogen-bond donors (Lipinski definition) is 0. The van der Waals surface area contributed by atoms with Gasteiger partial charge in [-0.2, -0.15) is 39.5 Å². The summed E-state index contributed by atoms with van der Waals surface area (Å²) in [7, 11) is 0. The molecule has 0 nitrogen and oxygen atoms in total. The second-order valence-corrected chi connectivity index (χ2v) is 3.41. The minimum Gasteiger partial charge on any atom is -0.346 e. The van der Waals surface area contributed by atoms with Gasteiger partial charge >= 0.3 is 41.2 Å². The second kappa shape index (κ2) is 117. The van der Waals surface area contributed by atoms with Gasteiger partial charge in [0.25, 0.3) is 0 Å². The zero-order valence-electron chi connectivity index (χ0n) is 17.1. The Morgan fingerprint density at radius 1 is 0.455 bits per heavy atom. The fourth-order valence-corrected chi connectivity index (χ4v) is 0. The van der Waals surface area contributed by atoms with Crippen molar-refractivity contribution in [3.8, 4) is 0 Å². The summed E-state index contributed by atoms with van der Waals surface area (Å²) in [5.74, 6) is 0. The first-order valence-electron chi connectivity index (χ1n) is 8.24. The van der Waals surface area contributed by atoms with Gasteiger partial charge < -0.3 is 41.5 Å². The van der Waals surface area contributed by atoms with Crippen LogP contribution < -0.4 is 0 Å². The average molecular weight is 400 g/mol. The zero-order valence-corrected chi connectivity index (χ0v) is 21.6. The van der Waals surface area contributed by atoms with Crippen LogP contribution in [0.2, 0.25) is 0 Å². The second-order valence-electron chi connectivity index (χ2n) is 3.41. The molecule has 22 heavy (non-hydrogen) atoms. The molecular weight excluding hydrogens is 353 g/mol. The van der Waals surface area contributed by atoms with E-state index in [9.17, 15) is 0 Å². The van der Waals surface area contributed by atoms with Gasteiger partial charge in [0, 0.05) is 0 Å². The maximum absolute atomic E-state index is 3.60. The molecule has 0 aromatic carbocycles. The molecule has 0 saturated heterocycles. The standard InChI is InChI=1S/4C4H9.2C2H5.Ti.Zn/c4*1-3-4-2;2*1-2;;/h4*1,3-4H2,2H3;2*1H2,2H3;;/q6*-1;+4;+2. The van der Waals surface area contributed by atoms with Crippen molar-refractivity contribution >= 4 is 0 Å². The predicted octanol–water partition coefficient (Wildman–Crippen LogP) is 8.16. The molecule has 0 radical (unpaired) electrons. The van der Waals surface area contributed by atoms with Crippen LogP contribution in [0.5, 0.6) is 0 Å². The molecule has 0 fully saturated rings. The molecule has 0 N–H and O–H groups in total. The van der Waals surface area contributed by atoms with Gasteiger partial charge in [0.2, 0.25) is 0 Å². The van der Waals surface area contributed by atoms with Gasteiger partial charge in [0.15, 0.2) is 0 Å². The van der Waals surface area contributed by atoms with E-state index in [1.165, 1.54) is 25.7 Å². The molecule has 0 spiro atoms. The largest absolute Gasteiger partial charge is 4.00 e. The smallest absolute Gasteiger partial charge is 0.346 e. The van der Waals surface area contributed by atoms with Crippen molar-refractivity contribution < 1.29 is 41.2 Å². The van der Waals surface area contributed by atoms with E-state index >= 15 is 0 Å². The zero-order chi connectivity index (χ0) is 17.7. The van der Waals surface area contributed by atoms with E-state index in [1.54, 1.807) is 13.8 Å². The summed E-state index contributed by atoms with van der Waals surface area (Å²) in [4.78, 5) is 0. The van der Waals surface area contributed by atoms with Crippen LogP contribution in [-0.2, 0) is 41.2 Å². The predicted molar refractivity (Wildman–Crippen MR) is 103 cm³/mol. The van der Waals surface area contributed by atoms with Crippen molar-refractivity contribution in [2.45, 2.75) is 92.9 Å². The summed E-state index contributed by atoms with van der Waals surface area (Å²) in [5, 5.41) is 0. The van der Waals surface area contributed by atoms with Crippen LogP contribution in [0.25, 0.3) is 0 Å². The van der Waals surface area contributed by atoms with Crippen molar-refractivity contribution in [2.75, 3.05) is 0 Å². The van der Waals surface area contributed by atoms with Crippen molar-refractivity contribution in [2.24, 2.45) is 0 Å². The average Bonchev–Trinajstić information content (AvgIpc) is 2.58. The van der Waals surface area contributed by atoms with Crippen LogP contribution in [0.15, 0.2) is 0 Å². The fourth-order valence-electron chi connectivity index (χ4n) is 0. The van der Waals surface area contributed by atoms with Crippen molar-refractivity contribution in [3.63, 3.8) is 0 Å². The maximum Gasteiger partial charge on any atom is 4.00 e. The number of rotatable bonds is 4. The monoisotopic (exact) mass is 398 g/mol. The summed E-state index contributed by atoms with van der Waals surface area (Å²) in [6.07, 6.45) is 9.11. The molecular formula is C20H46TiZn. The van der Waals surface area contributed by atoms with Crippen LogP contribution in [0.1, 0.15) is 92.9 Å². The van der Waals surface area contributed by atoms with E-state index < -0.39 is 0 Å². The van der Waals surface area contributed by atoms with Crippen molar-refractivity contribution in [1.29, 1.82) is 0 Å². The Morgan fingerprint density at radius 3 is 0.500 bits per heavy atom. The Labute approximate surface area is 175 Å². The molecule has 0 unspecified atom stereocenters. The Kier molecular flexibility index (Phi) is 262. The van der Waals surface area contributed by atoms with Gasteiger partial charge in [-0.05, 0) is 0 Å². The van der Waals surface area contributed by atoms with Crippen LogP contribution in [-0.4, -0.2) is 0 Å². The van der Waals surface area contributed by atoms with E-state index in [0.717, 1.165) is 25.7 Å². The molecule has 0 aromatic heterocycles. The summed E-state index contributed by atoms with van der Waals surface area (Å²) >= 11 is 0. The normalized spacial score (nSPS) is 6.00. The summed E-state index contributed by atoms with van der Waals surface area (Å²) in [5.41, 5.74) is 0. The first-order chi connectivity index (χ1) is 9.66. The van der Waals surface area contributed by atoms with Gasteiger partial charge in [-0.3, -0.25) is 0 Å². The Morgan fingerprint density at radius 2 is 0.500 bits per heavy atom. The Balaban J connectivity index is -0.0000000179. The van der Waals surface area contributed by atoms with E-state index in [1.807, 2.05) is 0 Å². The molecule has 0 aromatic rings. The molecule has 0 rings (SSSR count). The summed E-state index contributed by atoms with van der Waals surface area (Å²) < 4.78 is 0. The molecule has 0 bridgehead atoms. The van der Waals surface area contributed by atoms with Gasteiger partial charge in [-0.1, -0.05) is 53.4 Å². The van der Waals surface area contributed by atoms with E-state index in [4.69, 9.17) is 0 Å². The topological polar surface area (TPSA) is 0 Å². The van der Waals surface area contributed by atoms with Crippen LogP contribution in [0.3, 0.4) is 0 Å². The van der Waals surface area contributed by atoms with Gasteiger partial charge in [-0.15, -0.1) is 0 Å². The van der Waals surface area contributed by atoms with Crippen LogP contribution in [0, 0.1) is 41.5 Å². The van der Waals surface area contributed by atoms with E-state index in [0.29, 0.717) is 0 Å². The third kappa shape index (κ3) is 310. The quantitative estimate of drug-likeness (QED) is 0.330. The molecule has 132 valence electrons. The minimum absolute atomic E-state index is 0. The first kappa shape index (κ1) is 49.5. The fraction of sp³-hybridized carbons (Fsp3) is 0.700. The van der Waals surface area contributed by atoms with Gasteiger partial charge in [0.1, 0.15) is 0 Å². The third-order valence-electron chi connectivity index (χ3n) is 1.41. The maximum atomic E-state index is 3.60. The molecule has 0 aliphatic heterocycles. The summed E-state index contributed by atoms with van der Waals surface area (Å²) in [6, 6.07) is 0. The first-order valence-corrected chi connectivity index (χ1v) is 8.24. The third-order valence-corrected chi connectivity index (χ3v) is 1.41. The van der Waals surface area contributed by atoms with Gasteiger partial charge in [-0.25, -0.2) is 0 Å². The van der Waals surface area contributed by atoms with Gasteiger partial charge in [0.05, 0.1) is 0 Å². The van der Waals surface area contributed by atoms with E-state index in [2.05, 4.69) is 69.2 Å². The van der Waals surface area contributed by atoms with Crippen molar-refractivity contribution in [3.05, 3.63) is 41.5 Å². The molecule has 0 amide bonds. The molecule has 2 heteroatoms. The molecule has 0 atom stereocenters. The minimum atomic E-state index is 0. The summed E-state index contributed by atoms with van der Waals surface area (Å²) in [6.45, 7) is 32.9. The Bertz CT molecular complexity index is 35.7. The number of hydrogen-bond acceptors (Lipinski definition) is 0. The van der Waals surface area contributed by atoms with Crippen molar-refractivity contribution in [1.82, 2.24) is 0 Å². The SMILES string of the molecule is [CH2-]C.[CH2-]C.[CH2-]CCC.[CH2-]CCC.[CH2-]CCC.[CH2-]CCC.[Ti+4].[Zn+2]. The molecule has 0 saturated carbocycles. The van der Waals surface area contributed by atoms with Crippen LogP contribution >= 0.6 is 0 Å². The Hall–Kier alpha value is 1.34. The number of unbranched alkanes of at least 4 members (excludes halogenated alkanes) is 4. The van der Waals surface area contributed by atoms with E-state index in [-0.39, 0.29) is 41.2 Å². The molecule has 0 aliphatic carbocycles. The molecule has 0 aliphatic rings. The molecule has 0 heterocycles. The van der Waals surface area contributed by atoms with Crippen LogP contribution in [0.4, 0.5) is 0 Å².